The first-order valence-corrected chi connectivity index (χ1v) is 7.38. The van der Waals surface area contributed by atoms with Crippen LogP contribution in [0.25, 0.3) is 10.8 Å². The lowest BCUT2D eigenvalue weighted by Crippen LogP contribution is -2.80. The number of halogens is 1. The summed E-state index contributed by atoms with van der Waals surface area (Å²) in [5.74, 6) is 0.716. The summed E-state index contributed by atoms with van der Waals surface area (Å²) in [5.41, 5.74) is 2.31. The first kappa shape index (κ1) is 14.5. The molecule has 0 heterocycles. The van der Waals surface area contributed by atoms with Crippen LogP contribution < -0.4 is 10.1 Å². The molecule has 22 heavy (non-hydrogen) atoms. The van der Waals surface area contributed by atoms with Crippen molar-refractivity contribution < 1.29 is 14.4 Å². The summed E-state index contributed by atoms with van der Waals surface area (Å²) in [7, 11) is 1.70. The van der Waals surface area contributed by atoms with Crippen LogP contribution in [0.5, 0.6) is 5.75 Å². The summed E-state index contributed by atoms with van der Waals surface area (Å²) in [6, 6.07) is 19.1. The number of nitrogens with two attached hydrogens (primary N) is 1. The molecule has 3 aromatic rings. The van der Waals surface area contributed by atoms with Crippen LogP contribution in [0.3, 0.4) is 0 Å². The second-order valence-electron chi connectivity index (χ2n) is 5.29. The quantitative estimate of drug-likeness (QED) is 0.768. The third kappa shape index (κ3) is 3.10. The van der Waals surface area contributed by atoms with E-state index in [1.165, 1.54) is 28.5 Å². The second-order valence-corrected chi connectivity index (χ2v) is 5.29. The van der Waals surface area contributed by atoms with E-state index in [1.54, 1.807) is 7.11 Å². The number of quaternary nitrogens is 1. The van der Waals surface area contributed by atoms with Crippen LogP contribution >= 0.6 is 0 Å². The Morgan fingerprint density at radius 2 is 1.68 bits per heavy atom. The highest BCUT2D eigenvalue weighted by Gasteiger charge is 2.09. The van der Waals surface area contributed by atoms with E-state index in [4.69, 9.17) is 4.74 Å². The van der Waals surface area contributed by atoms with E-state index in [0.29, 0.717) is 0 Å². The van der Waals surface area contributed by atoms with Gasteiger partial charge in [-0.3, -0.25) is 0 Å². The number of hydrogen-bond donors (Lipinski definition) is 1. The molecule has 0 saturated heterocycles. The van der Waals surface area contributed by atoms with Gasteiger partial charge >= 0.3 is 0 Å². The average Bonchev–Trinajstić information content (AvgIpc) is 2.56. The van der Waals surface area contributed by atoms with Crippen molar-refractivity contribution >= 4 is 10.8 Å². The molecular weight excluding hydrogens is 277 g/mol. The number of fused-ring (bicyclic) bond motifs is 1. The fourth-order valence-electron chi connectivity index (χ4n) is 2.72. The SMILES string of the molecule is COc1ccc2ccccc2c1C[NH2+]Cc1ccc(F)cc1. The highest BCUT2D eigenvalue weighted by Crippen LogP contribution is 2.27. The van der Waals surface area contributed by atoms with Crippen LogP contribution in [-0.2, 0) is 13.1 Å². The summed E-state index contributed by atoms with van der Waals surface area (Å²) in [6.07, 6.45) is 0. The van der Waals surface area contributed by atoms with Crippen molar-refractivity contribution in [3.05, 3.63) is 77.6 Å². The smallest absolute Gasteiger partial charge is 0.128 e. The highest BCUT2D eigenvalue weighted by molar-refractivity contribution is 5.87. The summed E-state index contributed by atoms with van der Waals surface area (Å²) < 4.78 is 18.4. The van der Waals surface area contributed by atoms with Gasteiger partial charge in [0.2, 0.25) is 0 Å². The van der Waals surface area contributed by atoms with Gasteiger partial charge in [-0.15, -0.1) is 0 Å². The van der Waals surface area contributed by atoms with Gasteiger partial charge in [0.1, 0.15) is 24.7 Å². The Morgan fingerprint density at radius 3 is 2.45 bits per heavy atom. The van der Waals surface area contributed by atoms with Crippen molar-refractivity contribution in [3.8, 4) is 5.75 Å². The van der Waals surface area contributed by atoms with E-state index < -0.39 is 0 Å². The monoisotopic (exact) mass is 296 g/mol. The van der Waals surface area contributed by atoms with Crippen LogP contribution in [0, 0.1) is 5.82 Å². The molecule has 0 unspecified atom stereocenters. The van der Waals surface area contributed by atoms with E-state index in [1.807, 2.05) is 30.3 Å². The molecule has 3 aromatic carbocycles. The Labute approximate surface area is 129 Å². The predicted molar refractivity (Wildman–Crippen MR) is 86.2 cm³/mol. The fourth-order valence-corrected chi connectivity index (χ4v) is 2.72. The van der Waals surface area contributed by atoms with Crippen molar-refractivity contribution in [1.29, 1.82) is 0 Å². The molecule has 2 N–H and O–H groups in total. The molecule has 0 aliphatic carbocycles. The predicted octanol–water partition coefficient (Wildman–Crippen LogP) is 3.25. The molecule has 3 rings (SSSR count). The van der Waals surface area contributed by atoms with Crippen LogP contribution in [0.2, 0.25) is 0 Å². The minimum atomic E-state index is -0.195. The minimum absolute atomic E-state index is 0.195. The van der Waals surface area contributed by atoms with Crippen LogP contribution in [0.1, 0.15) is 11.1 Å². The summed E-state index contributed by atoms with van der Waals surface area (Å²) in [6.45, 7) is 1.63. The molecule has 0 aliphatic heterocycles. The zero-order valence-electron chi connectivity index (χ0n) is 12.6. The van der Waals surface area contributed by atoms with Gasteiger partial charge in [0.25, 0.3) is 0 Å². The van der Waals surface area contributed by atoms with Gasteiger partial charge in [0, 0.05) is 5.56 Å². The van der Waals surface area contributed by atoms with Crippen molar-refractivity contribution in [2.24, 2.45) is 0 Å². The zero-order chi connectivity index (χ0) is 15.4. The third-order valence-electron chi connectivity index (χ3n) is 3.86. The molecule has 0 aromatic heterocycles. The fraction of sp³-hybridized carbons (Fsp3) is 0.158. The molecule has 0 saturated carbocycles. The van der Waals surface area contributed by atoms with Gasteiger partial charge in [-0.2, -0.15) is 0 Å². The average molecular weight is 296 g/mol. The van der Waals surface area contributed by atoms with Crippen LogP contribution in [-0.4, -0.2) is 7.11 Å². The lowest BCUT2D eigenvalue weighted by molar-refractivity contribution is -0.686. The maximum atomic E-state index is 12.9. The first-order chi connectivity index (χ1) is 10.8. The number of hydrogen-bond acceptors (Lipinski definition) is 1. The Morgan fingerprint density at radius 1 is 0.909 bits per heavy atom. The Kier molecular flexibility index (Phi) is 4.35. The van der Waals surface area contributed by atoms with E-state index in [9.17, 15) is 4.39 Å². The van der Waals surface area contributed by atoms with Crippen molar-refractivity contribution in [1.82, 2.24) is 0 Å². The van der Waals surface area contributed by atoms with E-state index >= 15 is 0 Å². The number of benzene rings is 3. The molecule has 0 fully saturated rings. The molecular formula is C19H19FNO+. The molecule has 0 aliphatic rings. The highest BCUT2D eigenvalue weighted by atomic mass is 19.1. The molecule has 0 amide bonds. The molecule has 3 heteroatoms. The van der Waals surface area contributed by atoms with E-state index in [0.717, 1.165) is 24.4 Å². The third-order valence-corrected chi connectivity index (χ3v) is 3.86. The molecule has 0 bridgehead atoms. The largest absolute Gasteiger partial charge is 0.496 e. The maximum Gasteiger partial charge on any atom is 0.128 e. The van der Waals surface area contributed by atoms with Crippen LogP contribution in [0.4, 0.5) is 4.39 Å². The summed E-state index contributed by atoms with van der Waals surface area (Å²) in [5, 5.41) is 4.64. The molecule has 0 spiro atoms. The number of ether oxygens (including phenoxy) is 1. The molecule has 0 atom stereocenters. The van der Waals surface area contributed by atoms with Crippen molar-refractivity contribution in [2.45, 2.75) is 13.1 Å². The lowest BCUT2D eigenvalue weighted by Gasteiger charge is -2.11. The molecule has 112 valence electrons. The normalized spacial score (nSPS) is 10.8. The second kappa shape index (κ2) is 6.58. The van der Waals surface area contributed by atoms with Gasteiger partial charge < -0.3 is 10.1 Å². The minimum Gasteiger partial charge on any atom is -0.496 e. The standard InChI is InChI=1S/C19H18FNO/c1-22-19-11-8-15-4-2-3-5-17(15)18(19)13-21-12-14-6-9-16(20)10-7-14/h2-11,21H,12-13H2,1H3/p+1. The summed E-state index contributed by atoms with van der Waals surface area (Å²) >= 11 is 0. The topological polar surface area (TPSA) is 25.8 Å². The number of methoxy groups -OCH3 is 1. The number of rotatable bonds is 5. The van der Waals surface area contributed by atoms with Crippen molar-refractivity contribution in [3.63, 3.8) is 0 Å². The Hall–Kier alpha value is -2.39. The lowest BCUT2D eigenvalue weighted by atomic mass is 10.0. The molecule has 0 radical (unpaired) electrons. The van der Waals surface area contributed by atoms with E-state index in [2.05, 4.69) is 23.5 Å². The maximum absolute atomic E-state index is 12.9. The first-order valence-electron chi connectivity index (χ1n) is 7.38. The molecule has 2 nitrogen and oxygen atoms in total. The van der Waals surface area contributed by atoms with Gasteiger partial charge in [-0.05, 0) is 29.0 Å². The Balaban J connectivity index is 1.79. The van der Waals surface area contributed by atoms with Gasteiger partial charge in [-0.25, -0.2) is 4.39 Å². The van der Waals surface area contributed by atoms with E-state index in [-0.39, 0.29) is 5.82 Å². The van der Waals surface area contributed by atoms with Gasteiger partial charge in [0.15, 0.2) is 0 Å². The summed E-state index contributed by atoms with van der Waals surface area (Å²) in [4.78, 5) is 0. The van der Waals surface area contributed by atoms with Gasteiger partial charge in [-0.1, -0.05) is 42.5 Å². The zero-order valence-corrected chi connectivity index (χ0v) is 12.6. The van der Waals surface area contributed by atoms with Gasteiger partial charge in [0.05, 0.1) is 12.7 Å². The Bertz CT molecular complexity index is 768. The van der Waals surface area contributed by atoms with Crippen molar-refractivity contribution in [2.75, 3.05) is 7.11 Å². The van der Waals surface area contributed by atoms with Crippen LogP contribution in [0.15, 0.2) is 60.7 Å².